The second-order valence-electron chi connectivity index (χ2n) is 1.30. The third-order valence-corrected chi connectivity index (χ3v) is 0.567. The van der Waals surface area contributed by atoms with Gasteiger partial charge in [-0.05, 0) is 6.42 Å². The van der Waals surface area contributed by atoms with Gasteiger partial charge in [0.1, 0.15) is 0 Å². The summed E-state index contributed by atoms with van der Waals surface area (Å²) in [4.78, 5) is 9.46. The molecule has 2 nitrogen and oxygen atoms in total. The molecular formula is C4H5F2LiO2. The minimum atomic E-state index is -2.53. The van der Waals surface area contributed by atoms with E-state index in [-0.39, 0.29) is 18.9 Å². The van der Waals surface area contributed by atoms with Gasteiger partial charge in [-0.25, -0.2) is 8.78 Å². The second kappa shape index (κ2) is 6.05. The van der Waals surface area contributed by atoms with Crippen LogP contribution in [0.3, 0.4) is 0 Å². The molecule has 0 heterocycles. The molecule has 0 aliphatic heterocycles. The Labute approximate surface area is 63.4 Å². The first-order chi connectivity index (χ1) is 3.63. The van der Waals surface area contributed by atoms with Crippen molar-refractivity contribution >= 4 is 5.97 Å². The van der Waals surface area contributed by atoms with Crippen LogP contribution < -0.4 is 24.0 Å². The van der Waals surface area contributed by atoms with E-state index in [0.29, 0.717) is 0 Å². The van der Waals surface area contributed by atoms with Crippen molar-refractivity contribution in [3.05, 3.63) is 0 Å². The third-order valence-electron chi connectivity index (χ3n) is 0.567. The van der Waals surface area contributed by atoms with Crippen molar-refractivity contribution in [1.29, 1.82) is 0 Å². The fourth-order valence-corrected chi connectivity index (χ4v) is 0.227. The Kier molecular flexibility index (Phi) is 7.86. The molecule has 0 rings (SSSR count). The van der Waals surface area contributed by atoms with Crippen molar-refractivity contribution < 1.29 is 37.5 Å². The fraction of sp³-hybridized carbons (Fsp3) is 0.750. The van der Waals surface area contributed by atoms with E-state index in [1.807, 2.05) is 0 Å². The molecule has 0 spiro atoms. The van der Waals surface area contributed by atoms with Crippen molar-refractivity contribution in [2.45, 2.75) is 19.3 Å². The van der Waals surface area contributed by atoms with Gasteiger partial charge in [0, 0.05) is 12.4 Å². The van der Waals surface area contributed by atoms with Crippen molar-refractivity contribution in [3.8, 4) is 0 Å². The molecule has 0 radical (unpaired) electrons. The molecule has 0 aliphatic carbocycles. The van der Waals surface area contributed by atoms with Gasteiger partial charge in [-0.2, -0.15) is 0 Å². The second-order valence-corrected chi connectivity index (χ2v) is 1.30. The summed E-state index contributed by atoms with van der Waals surface area (Å²) in [6, 6.07) is 0. The Morgan fingerprint density at radius 1 is 1.56 bits per heavy atom. The van der Waals surface area contributed by atoms with Crippen LogP contribution in [-0.2, 0) is 4.79 Å². The van der Waals surface area contributed by atoms with Crippen LogP contribution in [0.1, 0.15) is 12.8 Å². The summed E-state index contributed by atoms with van der Waals surface area (Å²) in [5.41, 5.74) is 0. The molecule has 0 aromatic carbocycles. The maximum Gasteiger partial charge on any atom is 1.00 e. The Morgan fingerprint density at radius 3 is 2.11 bits per heavy atom. The fourth-order valence-electron chi connectivity index (χ4n) is 0.227. The molecule has 9 heavy (non-hydrogen) atoms. The molecule has 0 unspecified atom stereocenters. The number of carboxylic acid groups (broad SMARTS) is 1. The number of carbonyl (C=O) groups excluding carboxylic acids is 1. The quantitative estimate of drug-likeness (QED) is 0.377. The summed E-state index contributed by atoms with van der Waals surface area (Å²) in [6.07, 6.45) is -3.70. The Hall–Kier alpha value is -0.0726. The summed E-state index contributed by atoms with van der Waals surface area (Å²) in [5, 5.41) is 9.46. The number of hydrogen-bond acceptors (Lipinski definition) is 2. The van der Waals surface area contributed by atoms with Gasteiger partial charge in [-0.1, -0.05) is 0 Å². The van der Waals surface area contributed by atoms with E-state index in [9.17, 15) is 18.7 Å². The van der Waals surface area contributed by atoms with Gasteiger partial charge in [0.25, 0.3) is 0 Å². The molecule has 5 heteroatoms. The monoisotopic (exact) mass is 130 g/mol. The predicted molar refractivity (Wildman–Crippen MR) is 20.2 cm³/mol. The van der Waals surface area contributed by atoms with Crippen LogP contribution in [0.2, 0.25) is 0 Å². The van der Waals surface area contributed by atoms with Gasteiger partial charge >= 0.3 is 18.9 Å². The van der Waals surface area contributed by atoms with Gasteiger partial charge < -0.3 is 9.90 Å². The number of halogens is 2. The zero-order valence-corrected chi connectivity index (χ0v) is 5.06. The molecule has 0 N–H and O–H groups in total. The van der Waals surface area contributed by atoms with E-state index >= 15 is 0 Å². The third kappa shape index (κ3) is 11.5. The average Bonchev–Trinajstić information content (AvgIpc) is 1.61. The van der Waals surface area contributed by atoms with E-state index in [2.05, 4.69) is 0 Å². The van der Waals surface area contributed by atoms with Crippen LogP contribution >= 0.6 is 0 Å². The van der Waals surface area contributed by atoms with E-state index in [1.54, 1.807) is 0 Å². The number of carbonyl (C=O) groups is 1. The van der Waals surface area contributed by atoms with E-state index < -0.39 is 25.2 Å². The number of rotatable bonds is 3. The zero-order valence-electron chi connectivity index (χ0n) is 5.06. The van der Waals surface area contributed by atoms with Crippen LogP contribution in [0.25, 0.3) is 0 Å². The summed E-state index contributed by atoms with van der Waals surface area (Å²) in [7, 11) is 0. The topological polar surface area (TPSA) is 40.1 Å². The van der Waals surface area contributed by atoms with Crippen molar-refractivity contribution in [1.82, 2.24) is 0 Å². The summed E-state index contributed by atoms with van der Waals surface area (Å²) in [6.45, 7) is 0. The SMILES string of the molecule is O=C([O-])CCC(F)F.[Li+]. The standard InChI is InChI=1S/C4H6F2O2.Li/c5-3(6)1-2-4(7)8;/h3H,1-2H2,(H,7,8);/q;+1/p-1. The van der Waals surface area contributed by atoms with Gasteiger partial charge in [0.15, 0.2) is 0 Å². The van der Waals surface area contributed by atoms with Crippen molar-refractivity contribution in [2.24, 2.45) is 0 Å². The minimum absolute atomic E-state index is 0. The number of aliphatic carboxylic acids is 1. The smallest absolute Gasteiger partial charge is 0.550 e. The van der Waals surface area contributed by atoms with Crippen LogP contribution in [-0.4, -0.2) is 12.4 Å². The normalized spacial score (nSPS) is 8.78. The molecule has 0 aliphatic rings. The van der Waals surface area contributed by atoms with E-state index in [4.69, 9.17) is 0 Å². The first-order valence-corrected chi connectivity index (χ1v) is 2.11. The Balaban J connectivity index is 0. The largest absolute Gasteiger partial charge is 1.00 e. The number of alkyl halides is 2. The zero-order chi connectivity index (χ0) is 6.57. The van der Waals surface area contributed by atoms with Gasteiger partial charge in [-0.15, -0.1) is 0 Å². The van der Waals surface area contributed by atoms with Crippen LogP contribution in [0.5, 0.6) is 0 Å². The summed E-state index contributed by atoms with van der Waals surface area (Å²) < 4.78 is 22.2. The van der Waals surface area contributed by atoms with E-state index in [1.165, 1.54) is 0 Å². The first-order valence-electron chi connectivity index (χ1n) is 2.11. The minimum Gasteiger partial charge on any atom is -0.550 e. The molecule has 0 aromatic heterocycles. The predicted octanol–water partition coefficient (Wildman–Crippen LogP) is -3.21. The Bertz CT molecular complexity index is 86.6. The number of hydrogen-bond donors (Lipinski definition) is 0. The molecule has 0 saturated carbocycles. The van der Waals surface area contributed by atoms with Gasteiger partial charge in [0.2, 0.25) is 6.43 Å². The molecular weight excluding hydrogens is 125 g/mol. The molecule has 0 atom stereocenters. The molecule has 48 valence electrons. The van der Waals surface area contributed by atoms with Crippen LogP contribution in [0.15, 0.2) is 0 Å². The molecule has 0 fully saturated rings. The number of carboxylic acids is 1. The van der Waals surface area contributed by atoms with Gasteiger partial charge in [-0.3, -0.25) is 0 Å². The molecule has 0 bridgehead atoms. The summed E-state index contributed by atoms with van der Waals surface area (Å²) in [5.74, 6) is -1.43. The van der Waals surface area contributed by atoms with E-state index in [0.717, 1.165) is 0 Å². The first kappa shape index (κ1) is 11.7. The van der Waals surface area contributed by atoms with Crippen molar-refractivity contribution in [3.63, 3.8) is 0 Å². The molecule has 0 amide bonds. The Morgan fingerprint density at radius 2 is 2.00 bits per heavy atom. The maximum absolute atomic E-state index is 11.1. The summed E-state index contributed by atoms with van der Waals surface area (Å²) >= 11 is 0. The van der Waals surface area contributed by atoms with Crippen molar-refractivity contribution in [2.75, 3.05) is 0 Å². The molecule has 0 aromatic rings. The van der Waals surface area contributed by atoms with Gasteiger partial charge in [0.05, 0.1) is 0 Å². The van der Waals surface area contributed by atoms with Crippen LogP contribution in [0, 0.1) is 0 Å². The maximum atomic E-state index is 11.1. The molecule has 0 saturated heterocycles. The average molecular weight is 130 g/mol. The van der Waals surface area contributed by atoms with Crippen LogP contribution in [0.4, 0.5) is 8.78 Å².